The number of carbonyl (C=O) groups excluding carboxylic acids is 1. The Morgan fingerprint density at radius 3 is 2.74 bits per heavy atom. The number of amides is 1. The van der Waals surface area contributed by atoms with Gasteiger partial charge in [-0.2, -0.15) is 11.8 Å². The van der Waals surface area contributed by atoms with E-state index in [1.54, 1.807) is 24.3 Å². The van der Waals surface area contributed by atoms with Gasteiger partial charge in [0.15, 0.2) is 0 Å². The van der Waals surface area contributed by atoms with Gasteiger partial charge < -0.3 is 15.8 Å². The summed E-state index contributed by atoms with van der Waals surface area (Å²) in [6, 6.07) is 7.16. The highest BCUT2D eigenvalue weighted by Gasteiger charge is 2.01. The summed E-state index contributed by atoms with van der Waals surface area (Å²) in [5.74, 6) is 1.93. The summed E-state index contributed by atoms with van der Waals surface area (Å²) in [7, 11) is 0. The fourth-order valence-corrected chi connectivity index (χ4v) is 2.01. The number of nitrogens with two attached hydrogens (primary N) is 1. The van der Waals surface area contributed by atoms with Gasteiger partial charge in [0, 0.05) is 12.2 Å². The number of hydrogen-bond acceptors (Lipinski definition) is 4. The number of anilines is 1. The summed E-state index contributed by atoms with van der Waals surface area (Å²) in [4.78, 5) is 11.5. The lowest BCUT2D eigenvalue weighted by Gasteiger charge is -2.07. The Morgan fingerprint density at radius 2 is 2.05 bits per heavy atom. The van der Waals surface area contributed by atoms with E-state index in [0.717, 1.165) is 30.9 Å². The second-order valence-electron chi connectivity index (χ2n) is 4.22. The first-order valence-electron chi connectivity index (χ1n) is 6.46. The number of unbranched alkanes of at least 4 members (excludes halogenated alkanes) is 1. The molecule has 0 aromatic heterocycles. The molecule has 0 radical (unpaired) electrons. The predicted octanol–water partition coefficient (Wildman–Crippen LogP) is 2.30. The van der Waals surface area contributed by atoms with Crippen molar-refractivity contribution in [2.45, 2.75) is 19.3 Å². The predicted molar refractivity (Wildman–Crippen MR) is 81.6 cm³/mol. The quantitative estimate of drug-likeness (QED) is 0.539. The molecule has 0 aliphatic heterocycles. The molecule has 0 bridgehead atoms. The van der Waals surface area contributed by atoms with Gasteiger partial charge in [-0.15, -0.1) is 0 Å². The fourth-order valence-electron chi connectivity index (χ4n) is 1.51. The molecule has 1 amide bonds. The van der Waals surface area contributed by atoms with Crippen molar-refractivity contribution in [3.8, 4) is 5.75 Å². The largest absolute Gasteiger partial charge is 0.493 e. The average Bonchev–Trinajstić information content (AvgIpc) is 2.41. The van der Waals surface area contributed by atoms with E-state index < -0.39 is 0 Å². The van der Waals surface area contributed by atoms with Crippen LogP contribution in [0.15, 0.2) is 24.3 Å². The topological polar surface area (TPSA) is 64.3 Å². The molecule has 3 N–H and O–H groups in total. The summed E-state index contributed by atoms with van der Waals surface area (Å²) >= 11 is 1.83. The zero-order chi connectivity index (χ0) is 13.9. The van der Waals surface area contributed by atoms with Crippen LogP contribution in [0, 0.1) is 0 Å². The molecule has 0 spiro atoms. The van der Waals surface area contributed by atoms with E-state index in [1.807, 2.05) is 11.8 Å². The van der Waals surface area contributed by atoms with Crippen LogP contribution < -0.4 is 15.8 Å². The highest BCUT2D eigenvalue weighted by molar-refractivity contribution is 7.98. The number of benzene rings is 1. The number of carbonyl (C=O) groups is 1. The standard InChI is InChI=1S/C14H22N2O2S/c1-19-11-3-2-9-16-14(17)8-10-18-13-6-4-12(15)5-7-13/h4-7H,2-3,8-11,15H2,1H3,(H,16,17). The first kappa shape index (κ1) is 15.7. The van der Waals surface area contributed by atoms with Crippen LogP contribution in [0.2, 0.25) is 0 Å². The van der Waals surface area contributed by atoms with E-state index in [9.17, 15) is 4.79 Å². The van der Waals surface area contributed by atoms with Crippen molar-refractivity contribution in [1.29, 1.82) is 0 Å². The zero-order valence-corrected chi connectivity index (χ0v) is 12.2. The van der Waals surface area contributed by atoms with Crippen LogP contribution in [0.4, 0.5) is 5.69 Å². The van der Waals surface area contributed by atoms with Crippen molar-refractivity contribution in [2.75, 3.05) is 30.9 Å². The molecule has 0 fully saturated rings. The molecule has 19 heavy (non-hydrogen) atoms. The van der Waals surface area contributed by atoms with Crippen LogP contribution in [-0.4, -0.2) is 31.1 Å². The molecule has 0 heterocycles. The van der Waals surface area contributed by atoms with Crippen LogP contribution >= 0.6 is 11.8 Å². The average molecular weight is 282 g/mol. The molecule has 0 atom stereocenters. The van der Waals surface area contributed by atoms with Gasteiger partial charge in [0.1, 0.15) is 5.75 Å². The van der Waals surface area contributed by atoms with Gasteiger partial charge in [-0.1, -0.05) is 0 Å². The van der Waals surface area contributed by atoms with Gasteiger partial charge in [-0.05, 0) is 49.1 Å². The molecule has 1 aromatic rings. The van der Waals surface area contributed by atoms with Gasteiger partial charge in [0.25, 0.3) is 0 Å². The SMILES string of the molecule is CSCCCCNC(=O)CCOc1ccc(N)cc1. The van der Waals surface area contributed by atoms with Crippen molar-refractivity contribution in [1.82, 2.24) is 5.32 Å². The number of thioether (sulfide) groups is 1. The maximum Gasteiger partial charge on any atom is 0.223 e. The minimum absolute atomic E-state index is 0.0413. The van der Waals surface area contributed by atoms with Crippen molar-refractivity contribution < 1.29 is 9.53 Å². The molecule has 5 heteroatoms. The fraction of sp³-hybridized carbons (Fsp3) is 0.500. The molecular formula is C14H22N2O2S. The van der Waals surface area contributed by atoms with E-state index in [4.69, 9.17) is 10.5 Å². The lowest BCUT2D eigenvalue weighted by Crippen LogP contribution is -2.25. The lowest BCUT2D eigenvalue weighted by atomic mass is 10.3. The zero-order valence-electron chi connectivity index (χ0n) is 11.4. The third-order valence-corrected chi connectivity index (χ3v) is 3.27. The Morgan fingerprint density at radius 1 is 1.32 bits per heavy atom. The van der Waals surface area contributed by atoms with Crippen molar-refractivity contribution in [3.05, 3.63) is 24.3 Å². The lowest BCUT2D eigenvalue weighted by molar-refractivity contribution is -0.121. The summed E-state index contributed by atoms with van der Waals surface area (Å²) in [6.45, 7) is 1.14. The van der Waals surface area contributed by atoms with Gasteiger partial charge in [-0.3, -0.25) is 4.79 Å². The number of nitrogen functional groups attached to an aromatic ring is 1. The first-order valence-corrected chi connectivity index (χ1v) is 7.85. The molecule has 0 aliphatic carbocycles. The maximum absolute atomic E-state index is 11.5. The number of rotatable bonds is 9. The van der Waals surface area contributed by atoms with Crippen LogP contribution in [0.3, 0.4) is 0 Å². The number of ether oxygens (including phenoxy) is 1. The first-order chi connectivity index (χ1) is 9.22. The van der Waals surface area contributed by atoms with E-state index in [-0.39, 0.29) is 5.91 Å². The molecular weight excluding hydrogens is 260 g/mol. The number of hydrogen-bond donors (Lipinski definition) is 2. The van der Waals surface area contributed by atoms with E-state index >= 15 is 0 Å². The molecule has 0 saturated heterocycles. The minimum Gasteiger partial charge on any atom is -0.493 e. The third kappa shape index (κ3) is 7.62. The van der Waals surface area contributed by atoms with Crippen molar-refractivity contribution >= 4 is 23.4 Å². The third-order valence-electron chi connectivity index (χ3n) is 2.58. The molecule has 0 unspecified atom stereocenters. The normalized spacial score (nSPS) is 10.2. The maximum atomic E-state index is 11.5. The van der Waals surface area contributed by atoms with Crippen LogP contribution in [0.5, 0.6) is 5.75 Å². The summed E-state index contributed by atoms with van der Waals surface area (Å²) in [5.41, 5.74) is 6.28. The molecule has 0 aliphatic rings. The van der Waals surface area contributed by atoms with Gasteiger partial charge in [0.05, 0.1) is 13.0 Å². The summed E-state index contributed by atoms with van der Waals surface area (Å²) < 4.78 is 5.46. The van der Waals surface area contributed by atoms with E-state index in [1.165, 1.54) is 0 Å². The molecule has 4 nitrogen and oxygen atoms in total. The highest BCUT2D eigenvalue weighted by Crippen LogP contribution is 2.13. The van der Waals surface area contributed by atoms with Crippen molar-refractivity contribution in [3.63, 3.8) is 0 Å². The van der Waals surface area contributed by atoms with Gasteiger partial charge >= 0.3 is 0 Å². The van der Waals surface area contributed by atoms with Gasteiger partial charge in [0.2, 0.25) is 5.91 Å². The van der Waals surface area contributed by atoms with Gasteiger partial charge in [-0.25, -0.2) is 0 Å². The monoisotopic (exact) mass is 282 g/mol. The van der Waals surface area contributed by atoms with Crippen LogP contribution in [0.25, 0.3) is 0 Å². The Kier molecular flexibility index (Phi) is 7.89. The minimum atomic E-state index is 0.0413. The molecule has 1 aromatic carbocycles. The van der Waals surface area contributed by atoms with Crippen molar-refractivity contribution in [2.24, 2.45) is 0 Å². The molecule has 1 rings (SSSR count). The van der Waals surface area contributed by atoms with E-state index in [0.29, 0.717) is 18.7 Å². The summed E-state index contributed by atoms with van der Waals surface area (Å²) in [5, 5.41) is 2.89. The second-order valence-corrected chi connectivity index (χ2v) is 5.20. The molecule has 106 valence electrons. The number of nitrogens with one attached hydrogen (secondary N) is 1. The smallest absolute Gasteiger partial charge is 0.223 e. The summed E-state index contributed by atoms with van der Waals surface area (Å²) in [6.07, 6.45) is 4.65. The Labute approximate surface area is 119 Å². The Balaban J connectivity index is 2.05. The van der Waals surface area contributed by atoms with Crippen LogP contribution in [-0.2, 0) is 4.79 Å². The molecule has 0 saturated carbocycles. The highest BCUT2D eigenvalue weighted by atomic mass is 32.2. The van der Waals surface area contributed by atoms with E-state index in [2.05, 4.69) is 11.6 Å². The second kappa shape index (κ2) is 9.55. The Bertz CT molecular complexity index is 368. The van der Waals surface area contributed by atoms with Crippen LogP contribution in [0.1, 0.15) is 19.3 Å². The Hall–Kier alpha value is -1.36.